The molecule has 0 aliphatic carbocycles. The molecule has 0 bridgehead atoms. The third kappa shape index (κ3) is 5.68. The SMILES string of the molecule is CCCCO/C(=C/c1ccc(Oc2ccccc2)cc1C)C(=O)OC. The molecule has 0 unspecified atom stereocenters. The second-order valence-corrected chi connectivity index (χ2v) is 5.64. The topological polar surface area (TPSA) is 44.8 Å². The third-order valence-corrected chi connectivity index (χ3v) is 3.65. The number of carbonyl (C=O) groups is 1. The summed E-state index contributed by atoms with van der Waals surface area (Å²) in [5.41, 5.74) is 1.87. The summed E-state index contributed by atoms with van der Waals surface area (Å²) < 4.78 is 16.2. The number of carbonyl (C=O) groups excluding carboxylic acids is 1. The first-order valence-electron chi connectivity index (χ1n) is 8.40. The molecule has 0 aliphatic rings. The van der Waals surface area contributed by atoms with Gasteiger partial charge >= 0.3 is 5.97 Å². The number of aryl methyl sites for hydroxylation is 1. The minimum absolute atomic E-state index is 0.218. The van der Waals surface area contributed by atoms with Gasteiger partial charge in [-0.05, 0) is 54.8 Å². The van der Waals surface area contributed by atoms with Crippen LogP contribution in [-0.4, -0.2) is 19.7 Å². The van der Waals surface area contributed by atoms with E-state index in [0.717, 1.165) is 35.5 Å². The van der Waals surface area contributed by atoms with Crippen molar-refractivity contribution in [3.63, 3.8) is 0 Å². The van der Waals surface area contributed by atoms with Crippen molar-refractivity contribution in [2.24, 2.45) is 0 Å². The zero-order valence-electron chi connectivity index (χ0n) is 15.0. The van der Waals surface area contributed by atoms with Crippen LogP contribution in [0.3, 0.4) is 0 Å². The highest BCUT2D eigenvalue weighted by atomic mass is 16.6. The Morgan fingerprint density at radius 1 is 1.08 bits per heavy atom. The number of unbranched alkanes of at least 4 members (excludes halogenated alkanes) is 1. The Kier molecular flexibility index (Phi) is 7.08. The highest BCUT2D eigenvalue weighted by Crippen LogP contribution is 2.25. The zero-order valence-corrected chi connectivity index (χ0v) is 15.0. The summed E-state index contributed by atoms with van der Waals surface area (Å²) in [5.74, 6) is 1.27. The molecule has 0 saturated heterocycles. The van der Waals surface area contributed by atoms with Crippen molar-refractivity contribution >= 4 is 12.0 Å². The second-order valence-electron chi connectivity index (χ2n) is 5.64. The molecular weight excluding hydrogens is 316 g/mol. The molecule has 0 fully saturated rings. The fraction of sp³-hybridized carbons (Fsp3) is 0.286. The van der Waals surface area contributed by atoms with Crippen LogP contribution < -0.4 is 4.74 Å². The molecule has 2 aromatic carbocycles. The van der Waals surface area contributed by atoms with Crippen LogP contribution in [0.4, 0.5) is 0 Å². The van der Waals surface area contributed by atoms with E-state index >= 15 is 0 Å². The largest absolute Gasteiger partial charge is 0.487 e. The maximum atomic E-state index is 11.9. The highest BCUT2D eigenvalue weighted by Gasteiger charge is 2.12. The maximum absolute atomic E-state index is 11.9. The minimum atomic E-state index is -0.472. The fourth-order valence-electron chi connectivity index (χ4n) is 2.23. The molecule has 2 rings (SSSR count). The van der Waals surface area contributed by atoms with Crippen LogP contribution in [0, 0.1) is 6.92 Å². The second kappa shape index (κ2) is 9.52. The van der Waals surface area contributed by atoms with E-state index in [-0.39, 0.29) is 5.76 Å². The smallest absolute Gasteiger partial charge is 0.373 e. The summed E-state index contributed by atoms with van der Waals surface area (Å²) in [4.78, 5) is 11.9. The average molecular weight is 340 g/mol. The average Bonchev–Trinajstić information content (AvgIpc) is 2.63. The van der Waals surface area contributed by atoms with Crippen molar-refractivity contribution < 1.29 is 19.0 Å². The number of benzene rings is 2. The summed E-state index contributed by atoms with van der Waals surface area (Å²) in [5, 5.41) is 0. The molecule has 2 aromatic rings. The number of methoxy groups -OCH3 is 1. The van der Waals surface area contributed by atoms with Crippen molar-refractivity contribution in [1.29, 1.82) is 0 Å². The molecule has 0 atom stereocenters. The van der Waals surface area contributed by atoms with Gasteiger partial charge in [0.1, 0.15) is 11.5 Å². The molecular formula is C21H24O4. The molecule has 0 saturated carbocycles. The molecule has 0 aromatic heterocycles. The lowest BCUT2D eigenvalue weighted by Crippen LogP contribution is -2.09. The summed E-state index contributed by atoms with van der Waals surface area (Å²) in [6.45, 7) is 4.52. The Hall–Kier alpha value is -2.75. The Labute approximate surface area is 149 Å². The van der Waals surface area contributed by atoms with Crippen molar-refractivity contribution in [3.8, 4) is 11.5 Å². The standard InChI is InChI=1S/C21H24O4/c1-4-5-13-24-20(21(22)23-3)15-17-11-12-19(14-16(17)2)25-18-9-7-6-8-10-18/h6-12,14-15H,4-5,13H2,1-3H3/b20-15+. The Balaban J connectivity index is 2.18. The summed E-state index contributed by atoms with van der Waals surface area (Å²) in [7, 11) is 1.35. The number of para-hydroxylation sites is 1. The van der Waals surface area contributed by atoms with Crippen LogP contribution in [-0.2, 0) is 14.3 Å². The third-order valence-electron chi connectivity index (χ3n) is 3.65. The van der Waals surface area contributed by atoms with Crippen molar-refractivity contribution in [2.75, 3.05) is 13.7 Å². The van der Waals surface area contributed by atoms with E-state index < -0.39 is 5.97 Å². The number of rotatable bonds is 8. The van der Waals surface area contributed by atoms with E-state index in [1.165, 1.54) is 7.11 Å². The van der Waals surface area contributed by atoms with Crippen LogP contribution >= 0.6 is 0 Å². The molecule has 132 valence electrons. The molecule has 0 heterocycles. The quantitative estimate of drug-likeness (QED) is 0.290. The van der Waals surface area contributed by atoms with Crippen LogP contribution in [0.1, 0.15) is 30.9 Å². The van der Waals surface area contributed by atoms with E-state index in [4.69, 9.17) is 14.2 Å². The van der Waals surface area contributed by atoms with Gasteiger partial charge in [-0.25, -0.2) is 4.79 Å². The summed E-state index contributed by atoms with van der Waals surface area (Å²) in [6, 6.07) is 15.3. The lowest BCUT2D eigenvalue weighted by molar-refractivity contribution is -0.140. The molecule has 0 radical (unpaired) electrons. The van der Waals surface area contributed by atoms with Gasteiger partial charge in [0.25, 0.3) is 0 Å². The first kappa shape index (κ1) is 18.6. The van der Waals surface area contributed by atoms with Crippen LogP contribution in [0.25, 0.3) is 6.08 Å². The zero-order chi connectivity index (χ0) is 18.1. The number of hydrogen-bond donors (Lipinski definition) is 0. The normalized spacial score (nSPS) is 11.1. The van der Waals surface area contributed by atoms with Gasteiger partial charge in [0.15, 0.2) is 0 Å². The maximum Gasteiger partial charge on any atom is 0.373 e. The molecule has 0 N–H and O–H groups in total. The van der Waals surface area contributed by atoms with E-state index in [1.54, 1.807) is 6.08 Å². The molecule has 25 heavy (non-hydrogen) atoms. The van der Waals surface area contributed by atoms with Gasteiger partial charge < -0.3 is 14.2 Å². The lowest BCUT2D eigenvalue weighted by atomic mass is 10.1. The highest BCUT2D eigenvalue weighted by molar-refractivity contribution is 5.91. The van der Waals surface area contributed by atoms with Crippen LogP contribution in [0.15, 0.2) is 54.3 Å². The lowest BCUT2D eigenvalue weighted by Gasteiger charge is -2.11. The van der Waals surface area contributed by atoms with Gasteiger partial charge in [-0.3, -0.25) is 0 Å². The van der Waals surface area contributed by atoms with Gasteiger partial charge in [-0.15, -0.1) is 0 Å². The van der Waals surface area contributed by atoms with Gasteiger partial charge in [0.05, 0.1) is 13.7 Å². The van der Waals surface area contributed by atoms with Gasteiger partial charge in [0, 0.05) is 0 Å². The summed E-state index contributed by atoms with van der Waals surface area (Å²) in [6.07, 6.45) is 3.60. The number of hydrogen-bond acceptors (Lipinski definition) is 4. The van der Waals surface area contributed by atoms with Gasteiger partial charge in [-0.1, -0.05) is 37.6 Å². The number of esters is 1. The Morgan fingerprint density at radius 3 is 2.48 bits per heavy atom. The molecule has 4 nitrogen and oxygen atoms in total. The van der Waals surface area contributed by atoms with Gasteiger partial charge in [0.2, 0.25) is 5.76 Å². The Bertz CT molecular complexity index is 720. The predicted octanol–water partition coefficient (Wildman–Crippen LogP) is 5.12. The molecule has 0 aliphatic heterocycles. The summed E-state index contributed by atoms with van der Waals surface area (Å²) >= 11 is 0. The molecule has 0 spiro atoms. The molecule has 4 heteroatoms. The van der Waals surface area contributed by atoms with Crippen molar-refractivity contribution in [2.45, 2.75) is 26.7 Å². The van der Waals surface area contributed by atoms with Crippen LogP contribution in [0.2, 0.25) is 0 Å². The minimum Gasteiger partial charge on any atom is -0.487 e. The first-order valence-corrected chi connectivity index (χ1v) is 8.40. The fourth-order valence-corrected chi connectivity index (χ4v) is 2.23. The Morgan fingerprint density at radius 2 is 1.84 bits per heavy atom. The van der Waals surface area contributed by atoms with E-state index in [1.807, 2.05) is 55.5 Å². The van der Waals surface area contributed by atoms with Crippen molar-refractivity contribution in [3.05, 3.63) is 65.4 Å². The number of ether oxygens (including phenoxy) is 3. The molecule has 0 amide bonds. The van der Waals surface area contributed by atoms with Crippen molar-refractivity contribution in [1.82, 2.24) is 0 Å². The van der Waals surface area contributed by atoms with E-state index in [2.05, 4.69) is 6.92 Å². The predicted molar refractivity (Wildman–Crippen MR) is 98.5 cm³/mol. The first-order chi connectivity index (χ1) is 12.1. The van der Waals surface area contributed by atoms with E-state index in [0.29, 0.717) is 6.61 Å². The van der Waals surface area contributed by atoms with E-state index in [9.17, 15) is 4.79 Å². The monoisotopic (exact) mass is 340 g/mol. The van der Waals surface area contributed by atoms with Crippen LogP contribution in [0.5, 0.6) is 11.5 Å². The van der Waals surface area contributed by atoms with Gasteiger partial charge in [-0.2, -0.15) is 0 Å².